The predicted molar refractivity (Wildman–Crippen MR) is 47.9 cm³/mol. The van der Waals surface area contributed by atoms with Gasteiger partial charge in [0.25, 0.3) is 0 Å². The Morgan fingerprint density at radius 2 is 2.18 bits per heavy atom. The van der Waals surface area contributed by atoms with Crippen molar-refractivity contribution >= 4 is 5.84 Å². The van der Waals surface area contributed by atoms with Gasteiger partial charge in [-0.15, -0.1) is 0 Å². The number of hydrogen-bond donors (Lipinski definition) is 1. The number of ether oxygens (including phenoxy) is 1. The van der Waals surface area contributed by atoms with E-state index in [1.165, 1.54) is 0 Å². The molecule has 0 aliphatic carbocycles. The van der Waals surface area contributed by atoms with Gasteiger partial charge in [-0.25, -0.2) is 0 Å². The van der Waals surface area contributed by atoms with Crippen LogP contribution in [-0.2, 0) is 4.74 Å². The van der Waals surface area contributed by atoms with Crippen LogP contribution in [0.2, 0.25) is 0 Å². The van der Waals surface area contributed by atoms with E-state index in [2.05, 4.69) is 4.99 Å². The second-order valence-electron chi connectivity index (χ2n) is 2.45. The summed E-state index contributed by atoms with van der Waals surface area (Å²) in [5.41, 5.74) is 5.51. The lowest BCUT2D eigenvalue weighted by molar-refractivity contribution is 0.0829. The summed E-state index contributed by atoms with van der Waals surface area (Å²) in [5, 5.41) is 0. The van der Waals surface area contributed by atoms with Crippen LogP contribution >= 0.6 is 0 Å². The van der Waals surface area contributed by atoms with Gasteiger partial charge in [0, 0.05) is 13.0 Å². The number of nitrogens with zero attached hydrogens (tertiary/aromatic N) is 1. The van der Waals surface area contributed by atoms with E-state index >= 15 is 0 Å². The number of rotatable bonds is 5. The molecule has 0 rings (SSSR count). The maximum absolute atomic E-state index is 5.51. The molecule has 3 nitrogen and oxygen atoms in total. The third kappa shape index (κ3) is 5.85. The summed E-state index contributed by atoms with van der Waals surface area (Å²) in [5.74, 6) is 0.705. The van der Waals surface area contributed by atoms with Crippen molar-refractivity contribution in [3.05, 3.63) is 0 Å². The van der Waals surface area contributed by atoms with Crippen molar-refractivity contribution in [2.75, 3.05) is 13.2 Å². The molecule has 66 valence electrons. The third-order valence-corrected chi connectivity index (χ3v) is 1.36. The first kappa shape index (κ1) is 10.4. The molecule has 0 radical (unpaired) electrons. The lowest BCUT2D eigenvalue weighted by atomic mass is 10.4. The number of aliphatic imine (C=N–C) groups is 1. The highest BCUT2D eigenvalue weighted by Crippen LogP contribution is 1.91. The normalized spacial score (nSPS) is 15.0. The van der Waals surface area contributed by atoms with Crippen molar-refractivity contribution in [1.29, 1.82) is 0 Å². The van der Waals surface area contributed by atoms with Crippen molar-refractivity contribution in [2.24, 2.45) is 10.7 Å². The summed E-state index contributed by atoms with van der Waals surface area (Å²) in [7, 11) is 0. The van der Waals surface area contributed by atoms with Gasteiger partial charge in [-0.2, -0.15) is 0 Å². The molecule has 0 amide bonds. The monoisotopic (exact) mass is 158 g/mol. The van der Waals surface area contributed by atoms with Crippen LogP contribution in [0.4, 0.5) is 0 Å². The molecule has 0 saturated carbocycles. The van der Waals surface area contributed by atoms with E-state index in [0.717, 1.165) is 13.0 Å². The van der Waals surface area contributed by atoms with Crippen LogP contribution in [0.5, 0.6) is 0 Å². The number of amidine groups is 1. The zero-order valence-electron chi connectivity index (χ0n) is 7.63. The summed E-state index contributed by atoms with van der Waals surface area (Å²) in [6.45, 7) is 7.37. The SMILES string of the molecule is CCOC(C)CN=C(N)CC. The van der Waals surface area contributed by atoms with E-state index in [1.807, 2.05) is 20.8 Å². The molecule has 0 bridgehead atoms. The van der Waals surface area contributed by atoms with E-state index in [9.17, 15) is 0 Å². The summed E-state index contributed by atoms with van der Waals surface area (Å²) in [4.78, 5) is 4.13. The molecular weight excluding hydrogens is 140 g/mol. The van der Waals surface area contributed by atoms with E-state index in [0.29, 0.717) is 12.4 Å². The van der Waals surface area contributed by atoms with Crippen LogP contribution in [0.3, 0.4) is 0 Å². The summed E-state index contributed by atoms with van der Waals surface area (Å²) >= 11 is 0. The summed E-state index contributed by atoms with van der Waals surface area (Å²) in [6.07, 6.45) is 1.00. The Kier molecular flexibility index (Phi) is 5.84. The average Bonchev–Trinajstić information content (AvgIpc) is 2.01. The van der Waals surface area contributed by atoms with E-state index in [4.69, 9.17) is 10.5 Å². The molecule has 0 aromatic carbocycles. The van der Waals surface area contributed by atoms with Crippen LogP contribution in [0.25, 0.3) is 0 Å². The molecule has 3 heteroatoms. The first-order valence-corrected chi connectivity index (χ1v) is 4.11. The molecular formula is C8H18N2O. The van der Waals surface area contributed by atoms with Gasteiger partial charge in [-0.1, -0.05) is 6.92 Å². The van der Waals surface area contributed by atoms with Crippen LogP contribution in [0.15, 0.2) is 4.99 Å². The van der Waals surface area contributed by atoms with Gasteiger partial charge in [0.05, 0.1) is 18.5 Å². The van der Waals surface area contributed by atoms with Gasteiger partial charge >= 0.3 is 0 Å². The highest BCUT2D eigenvalue weighted by atomic mass is 16.5. The van der Waals surface area contributed by atoms with Crippen molar-refractivity contribution in [3.63, 3.8) is 0 Å². The van der Waals surface area contributed by atoms with E-state index in [-0.39, 0.29) is 6.10 Å². The molecule has 11 heavy (non-hydrogen) atoms. The Morgan fingerprint density at radius 1 is 1.55 bits per heavy atom. The smallest absolute Gasteiger partial charge is 0.0935 e. The summed E-state index contributed by atoms with van der Waals surface area (Å²) in [6, 6.07) is 0. The minimum Gasteiger partial charge on any atom is -0.387 e. The largest absolute Gasteiger partial charge is 0.387 e. The lowest BCUT2D eigenvalue weighted by Gasteiger charge is -2.07. The standard InChI is InChI=1S/C8H18N2O/c1-4-8(9)10-6-7(3)11-5-2/h7H,4-6H2,1-3H3,(H2,9,10). The van der Waals surface area contributed by atoms with Crippen molar-refractivity contribution in [1.82, 2.24) is 0 Å². The number of nitrogens with two attached hydrogens (primary N) is 1. The quantitative estimate of drug-likeness (QED) is 0.482. The van der Waals surface area contributed by atoms with E-state index in [1.54, 1.807) is 0 Å². The fraction of sp³-hybridized carbons (Fsp3) is 0.875. The lowest BCUT2D eigenvalue weighted by Crippen LogP contribution is -2.16. The molecule has 0 aromatic heterocycles. The molecule has 1 atom stereocenters. The molecule has 1 unspecified atom stereocenters. The average molecular weight is 158 g/mol. The minimum absolute atomic E-state index is 0.185. The molecule has 0 aromatic rings. The van der Waals surface area contributed by atoms with Gasteiger partial charge in [0.1, 0.15) is 0 Å². The molecule has 0 fully saturated rings. The zero-order chi connectivity index (χ0) is 8.69. The fourth-order valence-corrected chi connectivity index (χ4v) is 0.695. The third-order valence-electron chi connectivity index (χ3n) is 1.36. The molecule has 0 heterocycles. The second-order valence-corrected chi connectivity index (χ2v) is 2.45. The Bertz CT molecular complexity index is 123. The van der Waals surface area contributed by atoms with Gasteiger partial charge in [0.15, 0.2) is 0 Å². The zero-order valence-corrected chi connectivity index (χ0v) is 7.63. The highest BCUT2D eigenvalue weighted by molar-refractivity contribution is 5.79. The van der Waals surface area contributed by atoms with Gasteiger partial charge in [0.2, 0.25) is 0 Å². The van der Waals surface area contributed by atoms with Crippen molar-refractivity contribution in [3.8, 4) is 0 Å². The Hall–Kier alpha value is -0.570. The first-order valence-electron chi connectivity index (χ1n) is 4.11. The van der Waals surface area contributed by atoms with Gasteiger partial charge < -0.3 is 10.5 Å². The Balaban J connectivity index is 3.50. The molecule has 0 aliphatic rings. The predicted octanol–water partition coefficient (Wildman–Crippen LogP) is 1.18. The maximum atomic E-state index is 5.51. The van der Waals surface area contributed by atoms with Gasteiger partial charge in [-0.3, -0.25) is 4.99 Å². The van der Waals surface area contributed by atoms with E-state index < -0.39 is 0 Å². The minimum atomic E-state index is 0.185. The molecule has 2 N–H and O–H groups in total. The Morgan fingerprint density at radius 3 is 2.64 bits per heavy atom. The van der Waals surface area contributed by atoms with Crippen molar-refractivity contribution < 1.29 is 4.74 Å². The highest BCUT2D eigenvalue weighted by Gasteiger charge is 1.97. The Labute approximate surface area is 68.6 Å². The van der Waals surface area contributed by atoms with Crippen molar-refractivity contribution in [2.45, 2.75) is 33.3 Å². The molecule has 0 saturated heterocycles. The van der Waals surface area contributed by atoms with Crippen LogP contribution in [-0.4, -0.2) is 25.1 Å². The fourth-order valence-electron chi connectivity index (χ4n) is 0.695. The molecule has 0 spiro atoms. The van der Waals surface area contributed by atoms with Crippen LogP contribution in [0, 0.1) is 0 Å². The topological polar surface area (TPSA) is 47.6 Å². The molecule has 0 aliphatic heterocycles. The maximum Gasteiger partial charge on any atom is 0.0935 e. The summed E-state index contributed by atoms with van der Waals surface area (Å²) < 4.78 is 5.27. The van der Waals surface area contributed by atoms with Crippen LogP contribution in [0.1, 0.15) is 27.2 Å². The van der Waals surface area contributed by atoms with Gasteiger partial charge in [-0.05, 0) is 13.8 Å². The number of hydrogen-bond acceptors (Lipinski definition) is 2. The second kappa shape index (κ2) is 6.16. The van der Waals surface area contributed by atoms with Crippen LogP contribution < -0.4 is 5.73 Å². The first-order chi connectivity index (χ1) is 5.20.